The predicted molar refractivity (Wildman–Crippen MR) is 93.5 cm³/mol. The molecule has 1 fully saturated rings. The molecule has 0 bridgehead atoms. The molecule has 2 rings (SSSR count). The lowest BCUT2D eigenvalue weighted by Crippen LogP contribution is -2.43. The third-order valence-corrected chi connectivity index (χ3v) is 6.45. The highest BCUT2D eigenvalue weighted by Crippen LogP contribution is 2.38. The molecule has 0 aliphatic carbocycles. The fourth-order valence-electron chi connectivity index (χ4n) is 3.26. The molecule has 1 aromatic carbocycles. The molecule has 1 aliphatic rings. The molecule has 8 heteroatoms. The Kier molecular flexibility index (Phi) is 6.71. The third-order valence-electron chi connectivity index (χ3n) is 4.70. The SMILES string of the molecule is CCCCN(C(=O)CC(c1ccccc1)C(F)(F)F)C1CCS(=O)(=O)C1. The number of sulfone groups is 1. The summed E-state index contributed by atoms with van der Waals surface area (Å²) >= 11 is 0. The highest BCUT2D eigenvalue weighted by molar-refractivity contribution is 7.91. The molecule has 1 amide bonds. The number of halogens is 3. The van der Waals surface area contributed by atoms with Crippen LogP contribution in [0, 0.1) is 0 Å². The van der Waals surface area contributed by atoms with Crippen molar-refractivity contribution in [1.82, 2.24) is 4.90 Å². The van der Waals surface area contributed by atoms with Crippen molar-refractivity contribution in [2.75, 3.05) is 18.1 Å². The molecular weight excluding hydrogens is 367 g/mol. The molecule has 4 nitrogen and oxygen atoms in total. The lowest BCUT2D eigenvalue weighted by Gasteiger charge is -2.30. The van der Waals surface area contributed by atoms with Crippen LogP contribution in [0.1, 0.15) is 44.1 Å². The molecule has 0 saturated carbocycles. The van der Waals surface area contributed by atoms with E-state index in [4.69, 9.17) is 0 Å². The summed E-state index contributed by atoms with van der Waals surface area (Å²) in [4.78, 5) is 14.1. The van der Waals surface area contributed by atoms with Crippen molar-refractivity contribution in [2.24, 2.45) is 0 Å². The van der Waals surface area contributed by atoms with Crippen LogP contribution in [-0.2, 0) is 14.6 Å². The zero-order valence-electron chi connectivity index (χ0n) is 14.7. The fraction of sp³-hybridized carbons (Fsp3) is 0.611. The molecule has 0 aromatic heterocycles. The number of rotatable bonds is 7. The lowest BCUT2D eigenvalue weighted by atomic mass is 9.94. The number of alkyl halides is 3. The first-order valence-corrected chi connectivity index (χ1v) is 10.6. The van der Waals surface area contributed by atoms with Gasteiger partial charge in [0.15, 0.2) is 9.84 Å². The second kappa shape index (κ2) is 8.41. The number of benzene rings is 1. The van der Waals surface area contributed by atoms with E-state index in [0.717, 1.165) is 6.42 Å². The quantitative estimate of drug-likeness (QED) is 0.714. The van der Waals surface area contributed by atoms with Crippen LogP contribution in [0.25, 0.3) is 0 Å². The van der Waals surface area contributed by atoms with Crippen molar-refractivity contribution >= 4 is 15.7 Å². The van der Waals surface area contributed by atoms with Crippen molar-refractivity contribution < 1.29 is 26.4 Å². The second-order valence-electron chi connectivity index (χ2n) is 6.71. The predicted octanol–water partition coefficient (Wildman–Crippen LogP) is 3.54. The van der Waals surface area contributed by atoms with Gasteiger partial charge in [0, 0.05) is 19.0 Å². The van der Waals surface area contributed by atoms with Gasteiger partial charge in [-0.05, 0) is 18.4 Å². The van der Waals surface area contributed by atoms with Crippen molar-refractivity contribution in [3.05, 3.63) is 35.9 Å². The topological polar surface area (TPSA) is 54.5 Å². The van der Waals surface area contributed by atoms with Crippen molar-refractivity contribution in [1.29, 1.82) is 0 Å². The van der Waals surface area contributed by atoms with Gasteiger partial charge in [-0.3, -0.25) is 4.79 Å². The van der Waals surface area contributed by atoms with Gasteiger partial charge in [-0.15, -0.1) is 0 Å². The maximum absolute atomic E-state index is 13.5. The molecule has 1 heterocycles. The summed E-state index contributed by atoms with van der Waals surface area (Å²) in [5, 5.41) is 0. The molecule has 26 heavy (non-hydrogen) atoms. The molecule has 0 spiro atoms. The molecule has 1 saturated heterocycles. The minimum absolute atomic E-state index is 0.0189. The fourth-order valence-corrected chi connectivity index (χ4v) is 4.99. The maximum atomic E-state index is 13.5. The first kappa shape index (κ1) is 20.7. The summed E-state index contributed by atoms with van der Waals surface area (Å²) < 4.78 is 64.0. The van der Waals surface area contributed by atoms with Crippen LogP contribution in [0.5, 0.6) is 0 Å². The lowest BCUT2D eigenvalue weighted by molar-refractivity contribution is -0.161. The number of carbonyl (C=O) groups is 1. The Bertz CT molecular complexity index is 704. The van der Waals surface area contributed by atoms with Crippen molar-refractivity contribution in [3.63, 3.8) is 0 Å². The Morgan fingerprint density at radius 3 is 2.42 bits per heavy atom. The van der Waals surface area contributed by atoms with Gasteiger partial charge in [0.2, 0.25) is 5.91 Å². The standard InChI is InChI=1S/C18H24F3NO3S/c1-2-3-10-22(15-9-11-26(24,25)13-15)17(23)12-16(18(19,20)21)14-7-5-4-6-8-14/h4-8,15-16H,2-3,9-13H2,1H3. The van der Waals surface area contributed by atoms with Crippen LogP contribution in [0.4, 0.5) is 13.2 Å². The number of hydrogen-bond acceptors (Lipinski definition) is 3. The molecule has 2 atom stereocenters. The van der Waals surface area contributed by atoms with Gasteiger partial charge in [-0.2, -0.15) is 13.2 Å². The van der Waals surface area contributed by atoms with E-state index >= 15 is 0 Å². The number of carbonyl (C=O) groups excluding carboxylic acids is 1. The first-order valence-electron chi connectivity index (χ1n) is 8.75. The van der Waals surface area contributed by atoms with E-state index in [9.17, 15) is 26.4 Å². The average molecular weight is 391 g/mol. The average Bonchev–Trinajstić information content (AvgIpc) is 2.92. The number of amides is 1. The van der Waals surface area contributed by atoms with Gasteiger partial charge in [0.25, 0.3) is 0 Å². The van der Waals surface area contributed by atoms with Gasteiger partial charge >= 0.3 is 6.18 Å². The molecule has 1 aliphatic heterocycles. The molecule has 146 valence electrons. The maximum Gasteiger partial charge on any atom is 0.396 e. The van der Waals surface area contributed by atoms with Gasteiger partial charge in [0.1, 0.15) is 0 Å². The molecule has 1 aromatic rings. The van der Waals surface area contributed by atoms with Crippen molar-refractivity contribution in [3.8, 4) is 0 Å². The van der Waals surface area contributed by atoms with E-state index in [1.54, 1.807) is 6.07 Å². The van der Waals surface area contributed by atoms with Crippen LogP contribution >= 0.6 is 0 Å². The van der Waals surface area contributed by atoms with Gasteiger partial charge < -0.3 is 4.90 Å². The second-order valence-corrected chi connectivity index (χ2v) is 8.94. The van der Waals surface area contributed by atoms with Crippen LogP contribution in [0.2, 0.25) is 0 Å². The summed E-state index contributed by atoms with van der Waals surface area (Å²) in [6.45, 7) is 2.20. The van der Waals surface area contributed by atoms with Crippen LogP contribution in [-0.4, -0.2) is 49.5 Å². The summed E-state index contributed by atoms with van der Waals surface area (Å²) in [7, 11) is -3.22. The first-order chi connectivity index (χ1) is 12.1. The Labute approximate surface area is 152 Å². The summed E-state index contributed by atoms with van der Waals surface area (Å²) in [6.07, 6.45) is -3.56. The summed E-state index contributed by atoms with van der Waals surface area (Å²) in [5.41, 5.74) is 0.0443. The van der Waals surface area contributed by atoms with Gasteiger partial charge in [0.05, 0.1) is 17.4 Å². The Hall–Kier alpha value is -1.57. The summed E-state index contributed by atoms with van der Waals surface area (Å²) in [6, 6.07) is 6.84. The largest absolute Gasteiger partial charge is 0.396 e. The molecule has 2 unspecified atom stereocenters. The number of hydrogen-bond donors (Lipinski definition) is 0. The number of nitrogens with zero attached hydrogens (tertiary/aromatic N) is 1. The minimum atomic E-state index is -4.55. The Morgan fingerprint density at radius 2 is 1.92 bits per heavy atom. The molecule has 0 radical (unpaired) electrons. The van der Waals surface area contributed by atoms with Crippen LogP contribution < -0.4 is 0 Å². The Balaban J connectivity index is 2.20. The van der Waals surface area contributed by atoms with E-state index in [1.807, 2.05) is 6.92 Å². The molecular formula is C18H24F3NO3S. The number of unbranched alkanes of at least 4 members (excludes halogenated alkanes) is 1. The van der Waals surface area contributed by atoms with E-state index < -0.39 is 40.3 Å². The van der Waals surface area contributed by atoms with E-state index in [-0.39, 0.29) is 23.6 Å². The van der Waals surface area contributed by atoms with Crippen LogP contribution in [0.3, 0.4) is 0 Å². The van der Waals surface area contributed by atoms with Gasteiger partial charge in [-0.25, -0.2) is 8.42 Å². The van der Waals surface area contributed by atoms with E-state index in [2.05, 4.69) is 0 Å². The normalized spacial score (nSPS) is 20.7. The summed E-state index contributed by atoms with van der Waals surface area (Å²) in [5.74, 6) is -2.70. The van der Waals surface area contributed by atoms with E-state index in [1.165, 1.54) is 29.2 Å². The van der Waals surface area contributed by atoms with Gasteiger partial charge in [-0.1, -0.05) is 43.7 Å². The third kappa shape index (κ3) is 5.46. The molecule has 0 N–H and O–H groups in total. The minimum Gasteiger partial charge on any atom is -0.339 e. The zero-order valence-corrected chi connectivity index (χ0v) is 15.5. The van der Waals surface area contributed by atoms with Crippen molar-refractivity contribution in [2.45, 2.75) is 50.7 Å². The van der Waals surface area contributed by atoms with Crippen LogP contribution in [0.15, 0.2) is 30.3 Å². The monoisotopic (exact) mass is 391 g/mol. The Morgan fingerprint density at radius 1 is 1.27 bits per heavy atom. The van der Waals surface area contributed by atoms with E-state index in [0.29, 0.717) is 12.8 Å². The highest BCUT2D eigenvalue weighted by Gasteiger charge is 2.43. The highest BCUT2D eigenvalue weighted by atomic mass is 32.2. The smallest absolute Gasteiger partial charge is 0.339 e. The zero-order chi connectivity index (χ0) is 19.4.